The molecule has 5 atom stereocenters. The first-order valence-electron chi connectivity index (χ1n) is 6.34. The summed E-state index contributed by atoms with van der Waals surface area (Å²) in [6.07, 6.45) is 4.27. The highest BCUT2D eigenvalue weighted by Crippen LogP contribution is 2.55. The lowest BCUT2D eigenvalue weighted by molar-refractivity contribution is 0.0487. The monoisotopic (exact) mass is 287 g/mol. The number of likely N-dealkylation sites (tertiary alicyclic amines) is 1. The van der Waals surface area contributed by atoms with Gasteiger partial charge >= 0.3 is 0 Å². The summed E-state index contributed by atoms with van der Waals surface area (Å²) in [7, 11) is 0. The van der Waals surface area contributed by atoms with Gasteiger partial charge in [0.05, 0.1) is 6.10 Å². The van der Waals surface area contributed by atoms with Crippen molar-refractivity contribution in [2.45, 2.75) is 31.5 Å². The van der Waals surface area contributed by atoms with Crippen LogP contribution < -0.4 is 5.73 Å². The molecule has 2 saturated carbocycles. The SMILES string of the molecule is Cl.Nc1ncc(CN2CC3CC4CC3C2C4O)s1. The number of fused-ring (bicyclic) bond motifs is 1. The van der Waals surface area contributed by atoms with Crippen molar-refractivity contribution in [1.29, 1.82) is 0 Å². The fraction of sp³-hybridized carbons (Fsp3) is 0.750. The van der Waals surface area contributed by atoms with Crippen LogP contribution in [0.15, 0.2) is 6.20 Å². The number of rotatable bonds is 2. The molecule has 0 aromatic carbocycles. The summed E-state index contributed by atoms with van der Waals surface area (Å²) in [5, 5.41) is 10.9. The third-order valence-corrected chi connectivity index (χ3v) is 5.69. The summed E-state index contributed by atoms with van der Waals surface area (Å²) < 4.78 is 0. The van der Waals surface area contributed by atoms with Crippen LogP contribution >= 0.6 is 23.7 Å². The van der Waals surface area contributed by atoms with E-state index < -0.39 is 0 Å². The first-order valence-corrected chi connectivity index (χ1v) is 7.16. The van der Waals surface area contributed by atoms with Gasteiger partial charge in [0.25, 0.3) is 0 Å². The normalized spacial score (nSPS) is 41.3. The standard InChI is InChI=1S/C12H17N3OS.ClH/c13-12-14-3-8(17-12)5-15-4-7-1-6-2-9(7)10(15)11(6)16;/h3,6-7,9-11,16H,1-2,4-5H2,(H2,13,14);1H. The molecule has 3 fully saturated rings. The predicted octanol–water partition coefficient (Wildman–Crippen LogP) is 1.35. The molecule has 1 saturated heterocycles. The van der Waals surface area contributed by atoms with Crippen LogP contribution in [0.4, 0.5) is 5.13 Å². The van der Waals surface area contributed by atoms with E-state index in [0.29, 0.717) is 17.1 Å². The van der Waals surface area contributed by atoms with Crippen molar-refractivity contribution < 1.29 is 5.11 Å². The average Bonchev–Trinajstić information content (AvgIpc) is 2.95. The Hall–Kier alpha value is -0.360. The van der Waals surface area contributed by atoms with Crippen LogP contribution in [0.2, 0.25) is 0 Å². The number of nitrogen functional groups attached to an aromatic ring is 1. The smallest absolute Gasteiger partial charge is 0.180 e. The second kappa shape index (κ2) is 4.34. The van der Waals surface area contributed by atoms with Gasteiger partial charge in [-0.15, -0.1) is 23.7 Å². The van der Waals surface area contributed by atoms with E-state index in [1.807, 2.05) is 6.20 Å². The van der Waals surface area contributed by atoms with E-state index in [1.165, 1.54) is 17.7 Å². The summed E-state index contributed by atoms with van der Waals surface area (Å²) in [6.45, 7) is 2.07. The quantitative estimate of drug-likeness (QED) is 0.862. The maximum absolute atomic E-state index is 10.3. The molecular formula is C12H18ClN3OS. The number of thiazole rings is 1. The number of aromatic nitrogens is 1. The fourth-order valence-corrected chi connectivity index (χ4v) is 5.03. The summed E-state index contributed by atoms with van der Waals surface area (Å²) >= 11 is 1.57. The molecule has 2 aliphatic carbocycles. The molecule has 2 heterocycles. The van der Waals surface area contributed by atoms with Gasteiger partial charge < -0.3 is 10.8 Å². The van der Waals surface area contributed by atoms with E-state index in [1.54, 1.807) is 11.3 Å². The third kappa shape index (κ3) is 1.68. The van der Waals surface area contributed by atoms with Crippen LogP contribution in [0.3, 0.4) is 0 Å². The van der Waals surface area contributed by atoms with Crippen LogP contribution in [0.25, 0.3) is 0 Å². The van der Waals surface area contributed by atoms with Gasteiger partial charge in [-0.05, 0) is 30.6 Å². The van der Waals surface area contributed by atoms with Gasteiger partial charge in [-0.1, -0.05) is 0 Å². The molecule has 18 heavy (non-hydrogen) atoms. The van der Waals surface area contributed by atoms with Gasteiger partial charge in [0.1, 0.15) is 0 Å². The summed E-state index contributed by atoms with van der Waals surface area (Å²) in [6, 6.07) is 0.405. The van der Waals surface area contributed by atoms with Gasteiger partial charge in [-0.3, -0.25) is 4.90 Å². The van der Waals surface area contributed by atoms with E-state index in [0.717, 1.165) is 24.9 Å². The highest BCUT2D eigenvalue weighted by molar-refractivity contribution is 7.15. The number of hydrogen-bond donors (Lipinski definition) is 2. The lowest BCUT2D eigenvalue weighted by atomic mass is 9.88. The zero-order valence-electron chi connectivity index (χ0n) is 10.0. The number of nitrogens with zero attached hydrogens (tertiary/aromatic N) is 2. The van der Waals surface area contributed by atoms with Gasteiger partial charge in [0, 0.05) is 30.2 Å². The Bertz CT molecular complexity index is 452. The Kier molecular flexibility index (Phi) is 3.05. The molecule has 1 aromatic rings. The van der Waals surface area contributed by atoms with Crippen molar-refractivity contribution in [2.75, 3.05) is 12.3 Å². The van der Waals surface area contributed by atoms with Crippen molar-refractivity contribution in [3.05, 3.63) is 11.1 Å². The second-order valence-corrected chi connectivity index (χ2v) is 6.88. The molecule has 4 nitrogen and oxygen atoms in total. The van der Waals surface area contributed by atoms with Crippen molar-refractivity contribution in [2.24, 2.45) is 17.8 Å². The molecule has 3 N–H and O–H groups in total. The maximum Gasteiger partial charge on any atom is 0.180 e. The Labute approximate surface area is 117 Å². The molecule has 1 aromatic heterocycles. The Balaban J connectivity index is 0.000001000. The Morgan fingerprint density at radius 2 is 2.28 bits per heavy atom. The van der Waals surface area contributed by atoms with Crippen LogP contribution in [0.1, 0.15) is 17.7 Å². The van der Waals surface area contributed by atoms with Crippen molar-refractivity contribution in [3.63, 3.8) is 0 Å². The first-order chi connectivity index (χ1) is 8.22. The predicted molar refractivity (Wildman–Crippen MR) is 73.7 cm³/mol. The van der Waals surface area contributed by atoms with E-state index in [4.69, 9.17) is 5.73 Å². The van der Waals surface area contributed by atoms with Crippen molar-refractivity contribution in [1.82, 2.24) is 9.88 Å². The molecule has 6 heteroatoms. The Morgan fingerprint density at radius 3 is 2.94 bits per heavy atom. The fourth-order valence-electron chi connectivity index (χ4n) is 4.32. The lowest BCUT2D eigenvalue weighted by Gasteiger charge is -2.28. The molecular weight excluding hydrogens is 270 g/mol. The highest BCUT2D eigenvalue weighted by Gasteiger charge is 2.58. The minimum atomic E-state index is -0.0935. The molecule has 0 amide bonds. The van der Waals surface area contributed by atoms with E-state index in [-0.39, 0.29) is 18.5 Å². The zero-order chi connectivity index (χ0) is 11.6. The van der Waals surface area contributed by atoms with E-state index in [2.05, 4.69) is 9.88 Å². The van der Waals surface area contributed by atoms with Gasteiger partial charge in [-0.2, -0.15) is 0 Å². The van der Waals surface area contributed by atoms with E-state index in [9.17, 15) is 5.11 Å². The van der Waals surface area contributed by atoms with Crippen molar-refractivity contribution >= 4 is 28.9 Å². The minimum absolute atomic E-state index is 0. The van der Waals surface area contributed by atoms with Crippen LogP contribution in [-0.4, -0.2) is 33.7 Å². The number of anilines is 1. The van der Waals surface area contributed by atoms with Crippen LogP contribution in [0.5, 0.6) is 0 Å². The average molecular weight is 288 g/mol. The van der Waals surface area contributed by atoms with E-state index >= 15 is 0 Å². The van der Waals surface area contributed by atoms with Crippen LogP contribution in [-0.2, 0) is 6.54 Å². The number of hydrogen-bond acceptors (Lipinski definition) is 5. The highest BCUT2D eigenvalue weighted by atomic mass is 35.5. The molecule has 5 unspecified atom stereocenters. The summed E-state index contributed by atoms with van der Waals surface area (Å²) in [5.41, 5.74) is 5.66. The molecule has 0 spiro atoms. The van der Waals surface area contributed by atoms with Gasteiger partial charge in [0.15, 0.2) is 5.13 Å². The first kappa shape index (κ1) is 12.7. The lowest BCUT2D eigenvalue weighted by Crippen LogP contribution is -2.40. The number of nitrogens with two attached hydrogens (primary N) is 1. The van der Waals surface area contributed by atoms with Crippen molar-refractivity contribution in [3.8, 4) is 0 Å². The maximum atomic E-state index is 10.3. The van der Waals surface area contributed by atoms with Crippen LogP contribution in [0, 0.1) is 17.8 Å². The molecule has 1 aliphatic heterocycles. The second-order valence-electron chi connectivity index (χ2n) is 5.73. The molecule has 100 valence electrons. The van der Waals surface area contributed by atoms with Gasteiger partial charge in [0.2, 0.25) is 0 Å². The minimum Gasteiger partial charge on any atom is -0.391 e. The summed E-state index contributed by atoms with van der Waals surface area (Å²) in [4.78, 5) is 7.78. The topological polar surface area (TPSA) is 62.4 Å². The molecule has 4 rings (SSSR count). The number of aliphatic hydroxyl groups is 1. The molecule has 0 radical (unpaired) electrons. The number of aliphatic hydroxyl groups excluding tert-OH is 1. The largest absolute Gasteiger partial charge is 0.391 e. The molecule has 3 aliphatic rings. The summed E-state index contributed by atoms with van der Waals surface area (Å²) in [5.74, 6) is 2.16. The number of halogens is 1. The third-order valence-electron chi connectivity index (χ3n) is 4.88. The Morgan fingerprint density at radius 1 is 1.44 bits per heavy atom. The molecule has 2 bridgehead atoms. The zero-order valence-corrected chi connectivity index (χ0v) is 11.7. The van der Waals surface area contributed by atoms with Gasteiger partial charge in [-0.25, -0.2) is 4.98 Å².